The zero-order valence-electron chi connectivity index (χ0n) is 16.4. The second-order valence-corrected chi connectivity index (χ2v) is 7.44. The van der Waals surface area contributed by atoms with E-state index in [-0.39, 0.29) is 25.2 Å². The topological polar surface area (TPSA) is 78.9 Å². The van der Waals surface area contributed by atoms with Gasteiger partial charge in [0.25, 0.3) is 5.79 Å². The van der Waals surface area contributed by atoms with Crippen LogP contribution in [0.4, 0.5) is 0 Å². The number of esters is 3. The molecule has 2 rings (SSSR count). The molecule has 148 valence electrons. The van der Waals surface area contributed by atoms with Crippen molar-refractivity contribution >= 4 is 17.9 Å². The lowest BCUT2D eigenvalue weighted by Crippen LogP contribution is -2.35. The van der Waals surface area contributed by atoms with Crippen LogP contribution in [0.2, 0.25) is 0 Å². The first-order valence-electron chi connectivity index (χ1n) is 9.42. The van der Waals surface area contributed by atoms with Gasteiger partial charge in [0.1, 0.15) is 6.10 Å². The Balaban J connectivity index is 2.07. The Morgan fingerprint density at radius 3 is 2.41 bits per heavy atom. The highest BCUT2D eigenvalue weighted by Gasteiger charge is 2.46. The summed E-state index contributed by atoms with van der Waals surface area (Å²) in [6, 6.07) is 8.93. The van der Waals surface area contributed by atoms with Gasteiger partial charge in [0.15, 0.2) is 0 Å². The van der Waals surface area contributed by atoms with Crippen molar-refractivity contribution in [1.29, 1.82) is 0 Å². The molecule has 1 aromatic carbocycles. The van der Waals surface area contributed by atoms with Gasteiger partial charge in [-0.3, -0.25) is 14.4 Å². The molecule has 2 unspecified atom stereocenters. The predicted octanol–water partition coefficient (Wildman–Crippen LogP) is 3.87. The molecule has 0 bridgehead atoms. The van der Waals surface area contributed by atoms with Crippen LogP contribution in [0.25, 0.3) is 0 Å². The lowest BCUT2D eigenvalue weighted by atomic mass is 9.90. The Hall–Kier alpha value is -2.37. The molecule has 1 aliphatic rings. The van der Waals surface area contributed by atoms with Crippen LogP contribution in [0, 0.1) is 5.41 Å². The fourth-order valence-corrected chi connectivity index (χ4v) is 2.71. The van der Waals surface area contributed by atoms with Gasteiger partial charge in [-0.2, -0.15) is 0 Å². The van der Waals surface area contributed by atoms with Crippen molar-refractivity contribution in [2.75, 3.05) is 0 Å². The van der Waals surface area contributed by atoms with Gasteiger partial charge < -0.3 is 14.2 Å². The fraction of sp³-hybridized carbons (Fsp3) is 0.571. The maximum atomic E-state index is 12.5. The summed E-state index contributed by atoms with van der Waals surface area (Å²) in [6.07, 6.45) is 0.896. The average molecular weight is 376 g/mol. The zero-order valence-corrected chi connectivity index (χ0v) is 16.4. The van der Waals surface area contributed by atoms with Crippen LogP contribution in [-0.2, 0) is 34.4 Å². The molecule has 1 aliphatic heterocycles. The molecular formula is C21H28O6. The molecule has 1 fully saturated rings. The van der Waals surface area contributed by atoms with Crippen LogP contribution < -0.4 is 0 Å². The quantitative estimate of drug-likeness (QED) is 0.641. The number of carbonyl (C=O) groups is 3. The van der Waals surface area contributed by atoms with E-state index in [1.165, 1.54) is 0 Å². The van der Waals surface area contributed by atoms with Gasteiger partial charge in [0, 0.05) is 12.0 Å². The molecule has 27 heavy (non-hydrogen) atoms. The Morgan fingerprint density at radius 1 is 1.22 bits per heavy atom. The standard InChI is InChI=1S/C21H28O6/c1-5-16(25-19(24)20(3,4)6-2)14-18(23)27-21(13-12-17(22)26-21)15-10-8-7-9-11-15/h7-11,16H,5-6,12-14H2,1-4H3. The largest absolute Gasteiger partial charge is 0.461 e. The van der Waals surface area contributed by atoms with Crippen LogP contribution in [0.15, 0.2) is 30.3 Å². The molecule has 0 saturated carbocycles. The van der Waals surface area contributed by atoms with Crippen molar-refractivity contribution < 1.29 is 28.6 Å². The first-order valence-corrected chi connectivity index (χ1v) is 9.42. The maximum absolute atomic E-state index is 12.5. The Bertz CT molecular complexity index is 681. The van der Waals surface area contributed by atoms with Gasteiger partial charge in [0.05, 0.1) is 18.3 Å². The van der Waals surface area contributed by atoms with Crippen LogP contribution in [0.3, 0.4) is 0 Å². The Morgan fingerprint density at radius 2 is 1.89 bits per heavy atom. The highest BCUT2D eigenvalue weighted by Crippen LogP contribution is 2.38. The summed E-state index contributed by atoms with van der Waals surface area (Å²) in [5, 5.41) is 0. The van der Waals surface area contributed by atoms with E-state index in [0.29, 0.717) is 18.4 Å². The van der Waals surface area contributed by atoms with E-state index in [4.69, 9.17) is 14.2 Å². The SMILES string of the molecule is CCC(CC(=O)OC1(c2ccccc2)CCC(=O)O1)OC(=O)C(C)(C)CC. The second-order valence-electron chi connectivity index (χ2n) is 7.44. The third kappa shape index (κ3) is 5.08. The minimum atomic E-state index is -1.40. The number of benzene rings is 1. The molecule has 1 heterocycles. The smallest absolute Gasteiger partial charge is 0.313 e. The van der Waals surface area contributed by atoms with E-state index in [1.807, 2.05) is 33.8 Å². The van der Waals surface area contributed by atoms with Crippen LogP contribution >= 0.6 is 0 Å². The van der Waals surface area contributed by atoms with Crippen molar-refractivity contribution in [3.63, 3.8) is 0 Å². The first kappa shape index (κ1) is 20.9. The highest BCUT2D eigenvalue weighted by molar-refractivity contribution is 5.77. The number of rotatable bonds is 8. The van der Waals surface area contributed by atoms with E-state index in [1.54, 1.807) is 24.3 Å². The molecule has 0 spiro atoms. The molecule has 1 aromatic rings. The van der Waals surface area contributed by atoms with Crippen LogP contribution in [-0.4, -0.2) is 24.0 Å². The summed E-state index contributed by atoms with van der Waals surface area (Å²) < 4.78 is 16.5. The summed E-state index contributed by atoms with van der Waals surface area (Å²) in [6.45, 7) is 7.37. The predicted molar refractivity (Wildman–Crippen MR) is 98.4 cm³/mol. The number of carbonyl (C=O) groups excluding carboxylic acids is 3. The number of cyclic esters (lactones) is 1. The molecule has 0 amide bonds. The molecule has 0 aliphatic carbocycles. The molecule has 2 atom stereocenters. The normalized spacial score (nSPS) is 20.7. The van der Waals surface area contributed by atoms with Crippen molar-refractivity contribution in [2.45, 2.75) is 71.7 Å². The van der Waals surface area contributed by atoms with E-state index < -0.39 is 29.2 Å². The van der Waals surface area contributed by atoms with E-state index >= 15 is 0 Å². The number of hydrogen-bond acceptors (Lipinski definition) is 6. The molecule has 6 nitrogen and oxygen atoms in total. The lowest BCUT2D eigenvalue weighted by molar-refractivity contribution is -0.220. The first-order chi connectivity index (χ1) is 12.7. The molecule has 0 N–H and O–H groups in total. The Labute approximate surface area is 160 Å². The Kier molecular flexibility index (Phi) is 6.63. The average Bonchev–Trinajstić information content (AvgIpc) is 3.03. The summed E-state index contributed by atoms with van der Waals surface area (Å²) in [5.74, 6) is -2.72. The summed E-state index contributed by atoms with van der Waals surface area (Å²) in [4.78, 5) is 36.5. The lowest BCUT2D eigenvalue weighted by Gasteiger charge is -2.29. The van der Waals surface area contributed by atoms with Gasteiger partial charge >= 0.3 is 17.9 Å². The van der Waals surface area contributed by atoms with Crippen LogP contribution in [0.5, 0.6) is 0 Å². The summed E-state index contributed by atoms with van der Waals surface area (Å²) >= 11 is 0. The van der Waals surface area contributed by atoms with Gasteiger partial charge in [-0.15, -0.1) is 0 Å². The minimum Gasteiger partial charge on any atom is -0.461 e. The van der Waals surface area contributed by atoms with Crippen molar-refractivity contribution in [1.82, 2.24) is 0 Å². The van der Waals surface area contributed by atoms with E-state index in [9.17, 15) is 14.4 Å². The third-order valence-electron chi connectivity index (χ3n) is 4.99. The van der Waals surface area contributed by atoms with Crippen molar-refractivity contribution in [3.8, 4) is 0 Å². The highest BCUT2D eigenvalue weighted by atomic mass is 16.7. The fourth-order valence-electron chi connectivity index (χ4n) is 2.71. The monoisotopic (exact) mass is 376 g/mol. The maximum Gasteiger partial charge on any atom is 0.313 e. The zero-order chi connectivity index (χ0) is 20.1. The van der Waals surface area contributed by atoms with Crippen LogP contribution in [0.1, 0.15) is 65.4 Å². The number of hydrogen-bond donors (Lipinski definition) is 0. The van der Waals surface area contributed by atoms with Gasteiger partial charge in [-0.25, -0.2) is 0 Å². The molecule has 0 aromatic heterocycles. The summed E-state index contributed by atoms with van der Waals surface area (Å²) in [5.41, 5.74) is 0.00480. The van der Waals surface area contributed by atoms with E-state index in [0.717, 1.165) is 0 Å². The minimum absolute atomic E-state index is 0.0891. The molecule has 6 heteroatoms. The summed E-state index contributed by atoms with van der Waals surface area (Å²) in [7, 11) is 0. The van der Waals surface area contributed by atoms with E-state index in [2.05, 4.69) is 0 Å². The van der Waals surface area contributed by atoms with Gasteiger partial charge in [-0.1, -0.05) is 44.2 Å². The molecular weight excluding hydrogens is 348 g/mol. The molecule has 1 saturated heterocycles. The second kappa shape index (κ2) is 8.55. The van der Waals surface area contributed by atoms with Gasteiger partial charge in [-0.05, 0) is 26.7 Å². The molecule has 0 radical (unpaired) electrons. The van der Waals surface area contributed by atoms with Crippen molar-refractivity contribution in [3.05, 3.63) is 35.9 Å². The van der Waals surface area contributed by atoms with Gasteiger partial charge in [0.2, 0.25) is 0 Å². The van der Waals surface area contributed by atoms with Crippen molar-refractivity contribution in [2.24, 2.45) is 5.41 Å². The third-order valence-corrected chi connectivity index (χ3v) is 4.99. The number of ether oxygens (including phenoxy) is 3.